The maximum Gasteiger partial charge on any atom is 0.253 e. The van der Waals surface area contributed by atoms with Gasteiger partial charge in [-0.1, -0.05) is 12.1 Å². The Labute approximate surface area is 182 Å². The highest BCUT2D eigenvalue weighted by atomic mass is 35.5. The van der Waals surface area contributed by atoms with Gasteiger partial charge in [-0.15, -0.1) is 24.8 Å². The predicted octanol–water partition coefficient (Wildman–Crippen LogP) is 2.72. The van der Waals surface area contributed by atoms with Crippen LogP contribution in [0.2, 0.25) is 0 Å². The molecule has 9 heteroatoms. The predicted molar refractivity (Wildman–Crippen MR) is 117 cm³/mol. The molecule has 1 aliphatic heterocycles. The SMILES string of the molecule is Cl.Cl.Nc1ccccc1C(=O)NCCC(=O)N1CCN(c2ccc(F)cc2)CC1. The minimum atomic E-state index is -0.276. The van der Waals surface area contributed by atoms with Crippen molar-refractivity contribution >= 4 is 48.0 Å². The highest BCUT2D eigenvalue weighted by molar-refractivity contribution is 5.99. The van der Waals surface area contributed by atoms with Gasteiger partial charge in [-0.3, -0.25) is 9.59 Å². The third-order valence-corrected chi connectivity index (χ3v) is 4.65. The van der Waals surface area contributed by atoms with Gasteiger partial charge < -0.3 is 20.9 Å². The van der Waals surface area contributed by atoms with Crippen molar-refractivity contribution in [1.29, 1.82) is 0 Å². The third kappa shape index (κ3) is 6.51. The molecular weight excluding hydrogens is 418 g/mol. The van der Waals surface area contributed by atoms with Crippen molar-refractivity contribution in [3.8, 4) is 0 Å². The van der Waals surface area contributed by atoms with Crippen LogP contribution in [-0.2, 0) is 4.79 Å². The first-order valence-electron chi connectivity index (χ1n) is 8.95. The number of piperazine rings is 1. The summed E-state index contributed by atoms with van der Waals surface area (Å²) in [5.41, 5.74) is 7.56. The van der Waals surface area contributed by atoms with E-state index in [4.69, 9.17) is 5.73 Å². The number of nitrogen functional groups attached to an aromatic ring is 1. The Balaban J connectivity index is 0.00000210. The minimum absolute atomic E-state index is 0. The average Bonchev–Trinajstić information content (AvgIpc) is 2.69. The Hall–Kier alpha value is -2.51. The van der Waals surface area contributed by atoms with Gasteiger partial charge in [-0.2, -0.15) is 0 Å². The highest BCUT2D eigenvalue weighted by Crippen LogP contribution is 2.17. The van der Waals surface area contributed by atoms with Crippen LogP contribution in [0.4, 0.5) is 15.8 Å². The fourth-order valence-electron chi connectivity index (χ4n) is 3.11. The number of hydrogen-bond donors (Lipinski definition) is 2. The van der Waals surface area contributed by atoms with Crippen molar-refractivity contribution in [2.45, 2.75) is 6.42 Å². The van der Waals surface area contributed by atoms with Crippen LogP contribution in [0.1, 0.15) is 16.8 Å². The number of nitrogens with two attached hydrogens (primary N) is 1. The first-order chi connectivity index (χ1) is 13.0. The summed E-state index contributed by atoms with van der Waals surface area (Å²) >= 11 is 0. The summed E-state index contributed by atoms with van der Waals surface area (Å²) < 4.78 is 13.0. The van der Waals surface area contributed by atoms with Gasteiger partial charge in [-0.05, 0) is 36.4 Å². The van der Waals surface area contributed by atoms with E-state index in [0.29, 0.717) is 37.4 Å². The molecule has 29 heavy (non-hydrogen) atoms. The van der Waals surface area contributed by atoms with Gasteiger partial charge in [0.2, 0.25) is 5.91 Å². The van der Waals surface area contributed by atoms with Gasteiger partial charge in [0.1, 0.15) is 5.82 Å². The summed E-state index contributed by atoms with van der Waals surface area (Å²) in [4.78, 5) is 28.4. The van der Waals surface area contributed by atoms with Crippen LogP contribution in [0.5, 0.6) is 0 Å². The summed E-state index contributed by atoms with van der Waals surface area (Å²) in [6.45, 7) is 2.88. The number of nitrogens with zero attached hydrogens (tertiary/aromatic N) is 2. The highest BCUT2D eigenvalue weighted by Gasteiger charge is 2.21. The number of rotatable bonds is 5. The van der Waals surface area contributed by atoms with Gasteiger partial charge in [0.05, 0.1) is 5.56 Å². The van der Waals surface area contributed by atoms with Crippen molar-refractivity contribution in [1.82, 2.24) is 10.2 Å². The second kappa shape index (κ2) is 11.5. The molecule has 3 rings (SSSR count). The zero-order valence-electron chi connectivity index (χ0n) is 15.8. The Morgan fingerprint density at radius 3 is 2.21 bits per heavy atom. The second-order valence-corrected chi connectivity index (χ2v) is 6.44. The Morgan fingerprint density at radius 2 is 1.59 bits per heavy atom. The van der Waals surface area contributed by atoms with E-state index in [-0.39, 0.29) is 55.4 Å². The maximum atomic E-state index is 13.0. The van der Waals surface area contributed by atoms with E-state index in [0.717, 1.165) is 5.69 Å². The van der Waals surface area contributed by atoms with E-state index in [1.165, 1.54) is 12.1 Å². The lowest BCUT2D eigenvalue weighted by Gasteiger charge is -2.36. The molecule has 1 saturated heterocycles. The number of carbonyl (C=O) groups is 2. The molecule has 2 aromatic carbocycles. The summed E-state index contributed by atoms with van der Waals surface area (Å²) in [5, 5.41) is 2.74. The smallest absolute Gasteiger partial charge is 0.253 e. The summed E-state index contributed by atoms with van der Waals surface area (Å²) in [7, 11) is 0. The van der Waals surface area contributed by atoms with Crippen molar-refractivity contribution in [3.63, 3.8) is 0 Å². The normalized spacial score (nSPS) is 13.1. The van der Waals surface area contributed by atoms with E-state index in [1.807, 2.05) is 0 Å². The van der Waals surface area contributed by atoms with Crippen LogP contribution >= 0.6 is 24.8 Å². The maximum absolute atomic E-state index is 13.0. The van der Waals surface area contributed by atoms with Gasteiger partial charge in [0, 0.05) is 50.5 Å². The van der Waals surface area contributed by atoms with Gasteiger partial charge in [0.15, 0.2) is 0 Å². The van der Waals surface area contributed by atoms with E-state index in [1.54, 1.807) is 41.3 Å². The van der Waals surface area contributed by atoms with E-state index in [9.17, 15) is 14.0 Å². The molecular formula is C20H25Cl2FN4O2. The summed E-state index contributed by atoms with van der Waals surface area (Å²) in [6, 6.07) is 13.2. The molecule has 0 atom stereocenters. The van der Waals surface area contributed by atoms with Crippen molar-refractivity contribution in [2.24, 2.45) is 0 Å². The topological polar surface area (TPSA) is 78.7 Å². The van der Waals surface area contributed by atoms with Crippen molar-refractivity contribution in [2.75, 3.05) is 43.4 Å². The molecule has 0 aromatic heterocycles. The first kappa shape index (κ1) is 24.5. The van der Waals surface area contributed by atoms with Crippen molar-refractivity contribution in [3.05, 3.63) is 59.9 Å². The van der Waals surface area contributed by atoms with Crippen LogP contribution in [0.3, 0.4) is 0 Å². The molecule has 0 bridgehead atoms. The summed E-state index contributed by atoms with van der Waals surface area (Å²) in [5.74, 6) is -0.524. The lowest BCUT2D eigenvalue weighted by Crippen LogP contribution is -2.49. The lowest BCUT2D eigenvalue weighted by molar-refractivity contribution is -0.131. The molecule has 158 valence electrons. The average molecular weight is 443 g/mol. The molecule has 0 radical (unpaired) electrons. The van der Waals surface area contributed by atoms with Crippen LogP contribution < -0.4 is 16.0 Å². The van der Waals surface area contributed by atoms with E-state index < -0.39 is 0 Å². The van der Waals surface area contributed by atoms with Crippen LogP contribution in [0, 0.1) is 5.82 Å². The quantitative estimate of drug-likeness (QED) is 0.697. The molecule has 1 fully saturated rings. The monoisotopic (exact) mass is 442 g/mol. The van der Waals surface area contributed by atoms with Gasteiger partial charge >= 0.3 is 0 Å². The third-order valence-electron chi connectivity index (χ3n) is 4.65. The zero-order valence-corrected chi connectivity index (χ0v) is 17.5. The number of amides is 2. The molecule has 6 nitrogen and oxygen atoms in total. The van der Waals surface area contributed by atoms with E-state index in [2.05, 4.69) is 10.2 Å². The number of nitrogens with one attached hydrogen (secondary N) is 1. The van der Waals surface area contributed by atoms with Crippen LogP contribution in [-0.4, -0.2) is 49.4 Å². The fourth-order valence-corrected chi connectivity index (χ4v) is 3.11. The number of benzene rings is 2. The fraction of sp³-hybridized carbons (Fsp3) is 0.300. The van der Waals surface area contributed by atoms with Gasteiger partial charge in [0.25, 0.3) is 5.91 Å². The summed E-state index contributed by atoms with van der Waals surface area (Å²) in [6.07, 6.45) is 0.245. The molecule has 1 heterocycles. The molecule has 2 amide bonds. The first-order valence-corrected chi connectivity index (χ1v) is 8.95. The van der Waals surface area contributed by atoms with Crippen LogP contribution in [0.25, 0.3) is 0 Å². The number of para-hydroxylation sites is 1. The van der Waals surface area contributed by atoms with Gasteiger partial charge in [-0.25, -0.2) is 4.39 Å². The number of halogens is 3. The van der Waals surface area contributed by atoms with E-state index >= 15 is 0 Å². The Bertz CT molecular complexity index is 812. The molecule has 0 unspecified atom stereocenters. The minimum Gasteiger partial charge on any atom is -0.398 e. The zero-order chi connectivity index (χ0) is 19.2. The number of anilines is 2. The lowest BCUT2D eigenvalue weighted by atomic mass is 10.1. The molecule has 0 saturated carbocycles. The molecule has 3 N–H and O–H groups in total. The molecule has 0 spiro atoms. The Kier molecular flexibility index (Phi) is 9.71. The van der Waals surface area contributed by atoms with Crippen molar-refractivity contribution < 1.29 is 14.0 Å². The Morgan fingerprint density at radius 1 is 0.966 bits per heavy atom. The number of hydrogen-bond acceptors (Lipinski definition) is 4. The molecule has 2 aromatic rings. The standard InChI is InChI=1S/C20H23FN4O2.2ClH/c21-15-5-7-16(8-6-15)24-11-13-25(14-12-24)19(26)9-10-23-20(27)17-3-1-2-4-18(17)22;;/h1-8H,9-14,22H2,(H,23,27);2*1H. The molecule has 0 aliphatic carbocycles. The second-order valence-electron chi connectivity index (χ2n) is 6.44. The number of carbonyl (C=O) groups excluding carboxylic acids is 2. The largest absolute Gasteiger partial charge is 0.398 e. The molecule has 1 aliphatic rings. The van der Waals surface area contributed by atoms with Crippen LogP contribution in [0.15, 0.2) is 48.5 Å².